The molecule has 1 aromatic carbocycles. The van der Waals surface area contributed by atoms with E-state index in [0.29, 0.717) is 5.01 Å². The minimum Gasteiger partial charge on any atom is -0.393 e. The molecule has 0 radical (unpaired) electrons. The van der Waals surface area contributed by atoms with Gasteiger partial charge in [-0.05, 0) is 19.1 Å². The van der Waals surface area contributed by atoms with Gasteiger partial charge in [-0.25, -0.2) is 18.1 Å². The fourth-order valence-corrected chi connectivity index (χ4v) is 3.88. The van der Waals surface area contributed by atoms with Crippen molar-refractivity contribution in [3.05, 3.63) is 44.9 Å². The fourth-order valence-electron chi connectivity index (χ4n) is 1.75. The van der Waals surface area contributed by atoms with Crippen molar-refractivity contribution < 1.29 is 13.3 Å². The molecule has 0 saturated carbocycles. The van der Waals surface area contributed by atoms with Crippen LogP contribution in [0.5, 0.6) is 0 Å². The van der Waals surface area contributed by atoms with Gasteiger partial charge in [0, 0.05) is 11.6 Å². The first-order chi connectivity index (χ1) is 9.83. The number of benzene rings is 1. The minimum atomic E-state index is -4.09. The lowest BCUT2D eigenvalue weighted by atomic mass is 10.3. The van der Waals surface area contributed by atoms with Crippen LogP contribution in [0.4, 0.5) is 11.4 Å². The first-order valence-electron chi connectivity index (χ1n) is 5.77. The molecule has 2 rings (SSSR count). The predicted octanol–water partition coefficient (Wildman–Crippen LogP) is 1.67. The highest BCUT2D eigenvalue weighted by molar-refractivity contribution is 7.89. The number of thiazole rings is 1. The van der Waals surface area contributed by atoms with E-state index in [-0.39, 0.29) is 5.69 Å². The van der Waals surface area contributed by atoms with Crippen molar-refractivity contribution in [3.63, 3.8) is 0 Å². The second-order valence-corrected chi connectivity index (χ2v) is 6.77. The number of para-hydroxylation sites is 1. The molecule has 0 aliphatic rings. The third-order valence-electron chi connectivity index (χ3n) is 2.66. The van der Waals surface area contributed by atoms with E-state index in [9.17, 15) is 18.5 Å². The molecule has 0 bridgehead atoms. The highest BCUT2D eigenvalue weighted by atomic mass is 32.2. The summed E-state index contributed by atoms with van der Waals surface area (Å²) in [6.07, 6.45) is 1.55. The molecule has 3 N–H and O–H groups in total. The monoisotopic (exact) mass is 328 g/mol. The number of nitrogen functional groups attached to an aromatic ring is 1. The number of nitrogens with zero attached hydrogens (tertiary/aromatic N) is 2. The van der Waals surface area contributed by atoms with Gasteiger partial charge < -0.3 is 5.73 Å². The van der Waals surface area contributed by atoms with Crippen LogP contribution in [0.25, 0.3) is 0 Å². The number of sulfonamides is 1. The Morgan fingerprint density at radius 2 is 2.19 bits per heavy atom. The highest BCUT2D eigenvalue weighted by Gasteiger charge is 2.29. The number of aromatic nitrogens is 1. The van der Waals surface area contributed by atoms with Crippen molar-refractivity contribution in [2.75, 3.05) is 5.73 Å². The van der Waals surface area contributed by atoms with Gasteiger partial charge in [0.05, 0.1) is 11.0 Å². The van der Waals surface area contributed by atoms with E-state index in [0.717, 1.165) is 6.07 Å². The van der Waals surface area contributed by atoms with Gasteiger partial charge in [0.1, 0.15) is 10.7 Å². The molecule has 1 atom stereocenters. The maximum absolute atomic E-state index is 12.3. The molecule has 2 aromatic rings. The molecule has 112 valence electrons. The average molecular weight is 328 g/mol. The van der Waals surface area contributed by atoms with Crippen molar-refractivity contribution in [1.82, 2.24) is 9.71 Å². The third-order valence-corrected chi connectivity index (χ3v) is 5.19. The molecule has 0 aliphatic heterocycles. The maximum atomic E-state index is 12.3. The quantitative estimate of drug-likeness (QED) is 0.488. The van der Waals surface area contributed by atoms with Gasteiger partial charge in [-0.2, -0.15) is 0 Å². The molecule has 0 fully saturated rings. The summed E-state index contributed by atoms with van der Waals surface area (Å²) in [6, 6.07) is 3.17. The SMILES string of the molecule is CC(NS(=O)(=O)c1cccc(N)c1[N+](=O)[O-])c1nccs1. The summed E-state index contributed by atoms with van der Waals surface area (Å²) in [6.45, 7) is 1.61. The number of hydrogen-bond acceptors (Lipinski definition) is 7. The van der Waals surface area contributed by atoms with E-state index in [1.807, 2.05) is 0 Å². The number of nitrogens with two attached hydrogens (primary N) is 1. The standard InChI is InChI=1S/C11H12N4O4S2/c1-7(11-13-5-6-20-11)14-21(18,19)9-4-2-3-8(12)10(9)15(16)17/h2-7,14H,12H2,1H3. The fraction of sp³-hybridized carbons (Fsp3) is 0.182. The van der Waals surface area contributed by atoms with E-state index in [1.54, 1.807) is 18.5 Å². The molecule has 0 amide bonds. The van der Waals surface area contributed by atoms with Crippen molar-refractivity contribution in [2.45, 2.75) is 17.9 Å². The highest BCUT2D eigenvalue weighted by Crippen LogP contribution is 2.30. The van der Waals surface area contributed by atoms with Crippen molar-refractivity contribution >= 4 is 32.7 Å². The molecular weight excluding hydrogens is 316 g/mol. The number of nitrogens with one attached hydrogen (secondary N) is 1. The van der Waals surface area contributed by atoms with Crippen molar-refractivity contribution in [2.24, 2.45) is 0 Å². The van der Waals surface area contributed by atoms with E-state index in [2.05, 4.69) is 9.71 Å². The summed E-state index contributed by atoms with van der Waals surface area (Å²) in [4.78, 5) is 13.8. The first-order valence-corrected chi connectivity index (χ1v) is 8.14. The Bertz CT molecular complexity index is 759. The summed E-state index contributed by atoms with van der Waals surface area (Å²) in [7, 11) is -4.09. The van der Waals surface area contributed by atoms with Crippen LogP contribution in [-0.4, -0.2) is 18.3 Å². The lowest BCUT2D eigenvalue weighted by molar-refractivity contribution is -0.386. The normalized spacial score (nSPS) is 13.0. The predicted molar refractivity (Wildman–Crippen MR) is 78.4 cm³/mol. The van der Waals surface area contributed by atoms with Gasteiger partial charge in [-0.15, -0.1) is 11.3 Å². The summed E-state index contributed by atoms with van der Waals surface area (Å²) in [5, 5.41) is 13.3. The summed E-state index contributed by atoms with van der Waals surface area (Å²) in [5.41, 5.74) is 4.67. The van der Waals surface area contributed by atoms with Gasteiger partial charge in [-0.1, -0.05) is 6.07 Å². The molecule has 8 nitrogen and oxygen atoms in total. The van der Waals surface area contributed by atoms with Crippen LogP contribution in [-0.2, 0) is 10.0 Å². The number of nitro benzene ring substituents is 1. The Kier molecular flexibility index (Phi) is 4.21. The summed E-state index contributed by atoms with van der Waals surface area (Å²) in [5.74, 6) is 0. The number of anilines is 1. The number of hydrogen-bond donors (Lipinski definition) is 2. The lowest BCUT2D eigenvalue weighted by Gasteiger charge is -2.12. The molecule has 1 aromatic heterocycles. The summed E-state index contributed by atoms with van der Waals surface area (Å²) >= 11 is 1.28. The van der Waals surface area contributed by atoms with Gasteiger partial charge in [-0.3, -0.25) is 10.1 Å². The Labute approximate surface area is 124 Å². The van der Waals surface area contributed by atoms with E-state index < -0.39 is 31.6 Å². The van der Waals surface area contributed by atoms with Crippen LogP contribution in [0, 0.1) is 10.1 Å². The molecule has 0 spiro atoms. The molecule has 1 unspecified atom stereocenters. The second-order valence-electron chi connectivity index (χ2n) is 4.16. The Morgan fingerprint density at radius 1 is 1.48 bits per heavy atom. The van der Waals surface area contributed by atoms with Gasteiger partial charge in [0.25, 0.3) is 0 Å². The van der Waals surface area contributed by atoms with Crippen LogP contribution < -0.4 is 10.5 Å². The number of rotatable bonds is 5. The largest absolute Gasteiger partial charge is 0.393 e. The van der Waals surface area contributed by atoms with Gasteiger partial charge in [0.2, 0.25) is 10.0 Å². The zero-order chi connectivity index (χ0) is 15.6. The minimum absolute atomic E-state index is 0.204. The van der Waals surface area contributed by atoms with Crippen LogP contribution >= 0.6 is 11.3 Å². The van der Waals surface area contributed by atoms with Gasteiger partial charge >= 0.3 is 5.69 Å². The smallest absolute Gasteiger partial charge is 0.312 e. The number of nitro groups is 1. The van der Waals surface area contributed by atoms with Crippen LogP contribution in [0.2, 0.25) is 0 Å². The van der Waals surface area contributed by atoms with Crippen LogP contribution in [0.1, 0.15) is 18.0 Å². The molecule has 1 heterocycles. The molecule has 21 heavy (non-hydrogen) atoms. The molecule has 10 heteroatoms. The van der Waals surface area contributed by atoms with E-state index in [4.69, 9.17) is 5.73 Å². The second kappa shape index (κ2) is 5.76. The van der Waals surface area contributed by atoms with Crippen molar-refractivity contribution in [3.8, 4) is 0 Å². The third kappa shape index (κ3) is 3.17. The molecule has 0 saturated heterocycles. The van der Waals surface area contributed by atoms with Crippen LogP contribution in [0.3, 0.4) is 0 Å². The average Bonchev–Trinajstić information content (AvgIpc) is 2.91. The Hall–Kier alpha value is -2.04. The Balaban J connectivity index is 2.41. The molecule has 0 aliphatic carbocycles. The van der Waals surface area contributed by atoms with Crippen LogP contribution in [0.15, 0.2) is 34.7 Å². The maximum Gasteiger partial charge on any atom is 0.312 e. The topological polar surface area (TPSA) is 128 Å². The van der Waals surface area contributed by atoms with Gasteiger partial charge in [0.15, 0.2) is 4.90 Å². The zero-order valence-corrected chi connectivity index (χ0v) is 12.5. The Morgan fingerprint density at radius 3 is 2.76 bits per heavy atom. The summed E-state index contributed by atoms with van der Waals surface area (Å²) < 4.78 is 27.0. The van der Waals surface area contributed by atoms with E-state index in [1.165, 1.54) is 23.5 Å². The van der Waals surface area contributed by atoms with Crippen molar-refractivity contribution in [1.29, 1.82) is 0 Å². The lowest BCUT2D eigenvalue weighted by Crippen LogP contribution is -2.27. The first kappa shape index (κ1) is 15.4. The van der Waals surface area contributed by atoms with E-state index >= 15 is 0 Å². The zero-order valence-electron chi connectivity index (χ0n) is 10.9. The molecular formula is C11H12N4O4S2.